The predicted molar refractivity (Wildman–Crippen MR) is 92.4 cm³/mol. The van der Waals surface area contributed by atoms with Gasteiger partial charge >= 0.3 is 6.01 Å². The van der Waals surface area contributed by atoms with Crippen LogP contribution in [0.25, 0.3) is 0 Å². The van der Waals surface area contributed by atoms with Gasteiger partial charge in [0.1, 0.15) is 11.6 Å². The summed E-state index contributed by atoms with van der Waals surface area (Å²) in [6.45, 7) is 3.60. The molecular weight excluding hydrogens is 321 g/mol. The van der Waals surface area contributed by atoms with Crippen LogP contribution in [-0.2, 0) is 0 Å². The van der Waals surface area contributed by atoms with E-state index in [1.807, 2.05) is 6.92 Å². The molecule has 0 saturated carbocycles. The fraction of sp³-hybridized carbons (Fsp3) is 0.105. The number of nitrogens with zero attached hydrogens (tertiary/aromatic N) is 2. The van der Waals surface area contributed by atoms with E-state index >= 15 is 0 Å². The second-order valence-electron chi connectivity index (χ2n) is 5.52. The van der Waals surface area contributed by atoms with E-state index in [0.717, 1.165) is 5.56 Å². The number of nitrogens with one attached hydrogen (secondary N) is 1. The summed E-state index contributed by atoms with van der Waals surface area (Å²) in [5.41, 5.74) is 2.43. The number of rotatable bonds is 4. The van der Waals surface area contributed by atoms with Crippen LogP contribution in [0.4, 0.5) is 10.1 Å². The summed E-state index contributed by atoms with van der Waals surface area (Å²) >= 11 is 0. The average Bonchev–Trinajstić information content (AvgIpc) is 2.60. The molecule has 1 amide bonds. The first-order valence-corrected chi connectivity index (χ1v) is 7.66. The second kappa shape index (κ2) is 7.09. The van der Waals surface area contributed by atoms with Crippen molar-refractivity contribution in [3.8, 4) is 11.8 Å². The first kappa shape index (κ1) is 16.6. The molecule has 1 N–H and O–H groups in total. The van der Waals surface area contributed by atoms with Crippen LogP contribution < -0.4 is 10.1 Å². The van der Waals surface area contributed by atoms with Gasteiger partial charge in [-0.1, -0.05) is 6.07 Å². The molecule has 0 radical (unpaired) electrons. The Kier molecular flexibility index (Phi) is 4.70. The van der Waals surface area contributed by atoms with E-state index in [4.69, 9.17) is 4.74 Å². The maximum atomic E-state index is 13.4. The number of carbonyl (C=O) groups excluding carboxylic acids is 1. The lowest BCUT2D eigenvalue weighted by atomic mass is 10.1. The second-order valence-corrected chi connectivity index (χ2v) is 5.52. The Hall–Kier alpha value is -3.28. The Morgan fingerprint density at radius 2 is 1.80 bits per heavy atom. The van der Waals surface area contributed by atoms with Gasteiger partial charge < -0.3 is 10.1 Å². The quantitative estimate of drug-likeness (QED) is 0.772. The van der Waals surface area contributed by atoms with Gasteiger partial charge in [-0.05, 0) is 61.4 Å². The summed E-state index contributed by atoms with van der Waals surface area (Å²) in [7, 11) is 0. The molecule has 5 nitrogen and oxygen atoms in total. The molecule has 1 heterocycles. The van der Waals surface area contributed by atoms with Crippen molar-refractivity contribution in [2.24, 2.45) is 0 Å². The molecule has 0 bridgehead atoms. The van der Waals surface area contributed by atoms with E-state index in [2.05, 4.69) is 15.3 Å². The number of hydrogen-bond acceptors (Lipinski definition) is 4. The normalized spacial score (nSPS) is 10.4. The molecule has 2 aromatic carbocycles. The molecule has 6 heteroatoms. The minimum atomic E-state index is -0.445. The number of amides is 1. The summed E-state index contributed by atoms with van der Waals surface area (Å²) in [6.07, 6.45) is 3.18. The maximum Gasteiger partial charge on any atom is 0.321 e. The molecule has 0 fully saturated rings. The zero-order valence-electron chi connectivity index (χ0n) is 13.8. The van der Waals surface area contributed by atoms with Crippen LogP contribution in [0.1, 0.15) is 21.5 Å². The summed E-state index contributed by atoms with van der Waals surface area (Å²) in [6, 6.07) is 11.3. The molecule has 0 aliphatic carbocycles. The van der Waals surface area contributed by atoms with Gasteiger partial charge in [0.05, 0.1) is 0 Å². The van der Waals surface area contributed by atoms with Gasteiger partial charge in [-0.3, -0.25) is 4.79 Å². The summed E-state index contributed by atoms with van der Waals surface area (Å²) < 4.78 is 18.9. The first-order valence-electron chi connectivity index (χ1n) is 7.66. The number of anilines is 1. The Bertz CT molecular complexity index is 914. The molecule has 0 saturated heterocycles. The number of halogens is 1. The third-order valence-electron chi connectivity index (χ3n) is 3.64. The number of carbonyl (C=O) groups is 1. The first-order chi connectivity index (χ1) is 12.0. The Morgan fingerprint density at radius 1 is 1.04 bits per heavy atom. The third kappa shape index (κ3) is 3.98. The van der Waals surface area contributed by atoms with Crippen molar-refractivity contribution in [1.82, 2.24) is 9.97 Å². The molecule has 0 aliphatic rings. The topological polar surface area (TPSA) is 64.1 Å². The molecular formula is C19H16FN3O2. The summed E-state index contributed by atoms with van der Waals surface area (Å²) in [5.74, 6) is -0.247. The van der Waals surface area contributed by atoms with Crippen LogP contribution in [0.5, 0.6) is 11.8 Å². The van der Waals surface area contributed by atoms with Gasteiger partial charge in [-0.25, -0.2) is 14.4 Å². The zero-order valence-corrected chi connectivity index (χ0v) is 13.8. The molecule has 0 atom stereocenters. The highest BCUT2D eigenvalue weighted by Gasteiger charge is 2.12. The molecule has 126 valence electrons. The van der Waals surface area contributed by atoms with Crippen LogP contribution >= 0.6 is 0 Å². The highest BCUT2D eigenvalue weighted by molar-refractivity contribution is 6.05. The SMILES string of the molecule is Cc1cc(Oc2ncccn2)ccc1NC(=O)c1cc(F)ccc1C. The van der Waals surface area contributed by atoms with Gasteiger partial charge in [0.25, 0.3) is 5.91 Å². The van der Waals surface area contributed by atoms with Gasteiger partial charge in [0, 0.05) is 23.6 Å². The van der Waals surface area contributed by atoms with Gasteiger partial charge in [0.2, 0.25) is 0 Å². The molecule has 25 heavy (non-hydrogen) atoms. The van der Waals surface area contributed by atoms with Crippen LogP contribution in [0.3, 0.4) is 0 Å². The van der Waals surface area contributed by atoms with Crippen LogP contribution in [0.15, 0.2) is 54.9 Å². The number of hydrogen-bond donors (Lipinski definition) is 1. The third-order valence-corrected chi connectivity index (χ3v) is 3.64. The highest BCUT2D eigenvalue weighted by atomic mass is 19.1. The number of aromatic nitrogens is 2. The number of ether oxygens (including phenoxy) is 1. The number of aryl methyl sites for hydroxylation is 2. The van der Waals surface area contributed by atoms with E-state index in [9.17, 15) is 9.18 Å². The Balaban J connectivity index is 1.77. The largest absolute Gasteiger partial charge is 0.424 e. The molecule has 3 rings (SSSR count). The zero-order chi connectivity index (χ0) is 17.8. The Morgan fingerprint density at radius 3 is 2.52 bits per heavy atom. The van der Waals surface area contributed by atoms with Crippen molar-refractivity contribution in [1.29, 1.82) is 0 Å². The lowest BCUT2D eigenvalue weighted by Gasteiger charge is -2.11. The van der Waals surface area contributed by atoms with E-state index in [1.165, 1.54) is 12.1 Å². The fourth-order valence-corrected chi connectivity index (χ4v) is 2.31. The Labute approximate surface area is 144 Å². The predicted octanol–water partition coefficient (Wildman–Crippen LogP) is 4.28. The molecule has 1 aromatic heterocycles. The monoisotopic (exact) mass is 337 g/mol. The van der Waals surface area contributed by atoms with E-state index < -0.39 is 5.82 Å². The lowest BCUT2D eigenvalue weighted by molar-refractivity contribution is 0.102. The van der Waals surface area contributed by atoms with Crippen molar-refractivity contribution < 1.29 is 13.9 Å². The fourth-order valence-electron chi connectivity index (χ4n) is 2.31. The minimum Gasteiger partial charge on any atom is -0.424 e. The lowest BCUT2D eigenvalue weighted by Crippen LogP contribution is -2.14. The summed E-state index contributed by atoms with van der Waals surface area (Å²) in [4.78, 5) is 20.4. The van der Waals surface area contributed by atoms with E-state index in [-0.39, 0.29) is 11.9 Å². The van der Waals surface area contributed by atoms with Gasteiger partial charge in [0.15, 0.2) is 0 Å². The molecule has 0 aliphatic heterocycles. The molecule has 3 aromatic rings. The van der Waals surface area contributed by atoms with Crippen LogP contribution in [-0.4, -0.2) is 15.9 Å². The van der Waals surface area contributed by atoms with Crippen molar-refractivity contribution >= 4 is 11.6 Å². The average molecular weight is 337 g/mol. The van der Waals surface area contributed by atoms with Crippen molar-refractivity contribution in [2.75, 3.05) is 5.32 Å². The maximum absolute atomic E-state index is 13.4. The number of benzene rings is 2. The van der Waals surface area contributed by atoms with Crippen LogP contribution in [0, 0.1) is 19.7 Å². The van der Waals surface area contributed by atoms with Crippen molar-refractivity contribution in [3.05, 3.63) is 77.4 Å². The van der Waals surface area contributed by atoms with Gasteiger partial charge in [-0.2, -0.15) is 0 Å². The molecule has 0 unspecified atom stereocenters. The summed E-state index contributed by atoms with van der Waals surface area (Å²) in [5, 5.41) is 2.79. The van der Waals surface area contributed by atoms with E-state index in [0.29, 0.717) is 22.6 Å². The van der Waals surface area contributed by atoms with Crippen molar-refractivity contribution in [3.63, 3.8) is 0 Å². The van der Waals surface area contributed by atoms with E-state index in [1.54, 1.807) is 49.6 Å². The highest BCUT2D eigenvalue weighted by Crippen LogP contribution is 2.25. The van der Waals surface area contributed by atoms with Gasteiger partial charge in [-0.15, -0.1) is 0 Å². The minimum absolute atomic E-state index is 0.245. The molecule has 0 spiro atoms. The smallest absolute Gasteiger partial charge is 0.321 e. The standard InChI is InChI=1S/C19H16FN3O2/c1-12-4-5-14(20)11-16(12)18(24)23-17-7-6-15(10-13(17)2)25-19-21-8-3-9-22-19/h3-11H,1-2H3,(H,23,24). The van der Waals surface area contributed by atoms with Crippen molar-refractivity contribution in [2.45, 2.75) is 13.8 Å². The van der Waals surface area contributed by atoms with Crippen LogP contribution in [0.2, 0.25) is 0 Å².